The summed E-state index contributed by atoms with van der Waals surface area (Å²) in [6, 6.07) is 8.52. The lowest BCUT2D eigenvalue weighted by Gasteiger charge is -2.31. The van der Waals surface area contributed by atoms with Gasteiger partial charge in [-0.25, -0.2) is 8.78 Å². The summed E-state index contributed by atoms with van der Waals surface area (Å²) in [6.07, 6.45) is 4.97. The van der Waals surface area contributed by atoms with E-state index in [2.05, 4.69) is 15.9 Å². The number of amides is 1. The number of nitriles is 1. The highest BCUT2D eigenvalue weighted by molar-refractivity contribution is 6.16. The second-order valence-electron chi connectivity index (χ2n) is 13.0. The topological polar surface area (TPSA) is 106 Å². The molecule has 45 heavy (non-hydrogen) atoms. The molecule has 2 aromatic carbocycles. The van der Waals surface area contributed by atoms with Crippen molar-refractivity contribution in [1.82, 2.24) is 14.9 Å². The van der Waals surface area contributed by atoms with Gasteiger partial charge in [-0.3, -0.25) is 9.69 Å². The molecule has 3 aromatic rings. The Hall–Kier alpha value is -4.04. The summed E-state index contributed by atoms with van der Waals surface area (Å²) in [5.74, 6) is -0.124. The van der Waals surface area contributed by atoms with Crippen molar-refractivity contribution < 1.29 is 23.4 Å². The SMILES string of the molecule is CCc1c(F)ccc2cc(O)cc(N3Cc4nc(OC[C@@]56CCCN5C[C@H](F)C6)nc(N5CCCC[C@@H](CC#N)C5)c4C3=O)c12. The van der Waals surface area contributed by atoms with Crippen molar-refractivity contribution in [2.24, 2.45) is 5.92 Å². The van der Waals surface area contributed by atoms with Gasteiger partial charge in [0.1, 0.15) is 35.7 Å². The molecule has 4 aliphatic rings. The minimum absolute atomic E-state index is 0.0276. The first-order chi connectivity index (χ1) is 21.8. The zero-order chi connectivity index (χ0) is 31.3. The van der Waals surface area contributed by atoms with Crippen LogP contribution in [0, 0.1) is 23.1 Å². The molecule has 1 N–H and O–H groups in total. The number of hydrogen-bond donors (Lipinski definition) is 1. The second kappa shape index (κ2) is 11.7. The molecule has 11 heteroatoms. The monoisotopic (exact) mass is 616 g/mol. The van der Waals surface area contributed by atoms with E-state index >= 15 is 4.39 Å². The fraction of sp³-hybridized carbons (Fsp3) is 0.529. The highest BCUT2D eigenvalue weighted by atomic mass is 19.1. The molecule has 9 nitrogen and oxygen atoms in total. The molecule has 4 aliphatic heterocycles. The lowest BCUT2D eigenvalue weighted by atomic mass is 9.95. The minimum Gasteiger partial charge on any atom is -0.508 e. The average molecular weight is 617 g/mol. The maximum atomic E-state index is 15.0. The number of nitrogens with zero attached hydrogens (tertiary/aromatic N) is 6. The number of rotatable bonds is 7. The van der Waals surface area contributed by atoms with Gasteiger partial charge in [0.15, 0.2) is 0 Å². The number of anilines is 2. The van der Waals surface area contributed by atoms with Crippen LogP contribution in [0.5, 0.6) is 11.8 Å². The van der Waals surface area contributed by atoms with Gasteiger partial charge in [-0.05, 0) is 67.6 Å². The van der Waals surface area contributed by atoms with Gasteiger partial charge in [0.05, 0.1) is 29.5 Å². The third-order valence-electron chi connectivity index (χ3n) is 10.2. The van der Waals surface area contributed by atoms with Crippen LogP contribution in [0.1, 0.15) is 73.5 Å². The Balaban J connectivity index is 1.30. The van der Waals surface area contributed by atoms with E-state index in [4.69, 9.17) is 14.7 Å². The number of benzene rings is 2. The largest absolute Gasteiger partial charge is 0.508 e. The van der Waals surface area contributed by atoms with E-state index in [9.17, 15) is 19.6 Å². The number of phenolic OH excluding ortho intramolecular Hbond substituents is 1. The number of aromatic nitrogens is 2. The highest BCUT2D eigenvalue weighted by Gasteiger charge is 2.49. The summed E-state index contributed by atoms with van der Waals surface area (Å²) >= 11 is 0. The predicted octanol–water partition coefficient (Wildman–Crippen LogP) is 5.67. The van der Waals surface area contributed by atoms with E-state index in [1.807, 2.05) is 6.92 Å². The normalized spacial score (nSPS) is 25.0. The highest BCUT2D eigenvalue weighted by Crippen LogP contribution is 2.43. The fourth-order valence-corrected chi connectivity index (χ4v) is 8.05. The molecule has 0 radical (unpaired) electrons. The summed E-state index contributed by atoms with van der Waals surface area (Å²) in [5.41, 5.74) is 1.35. The maximum absolute atomic E-state index is 15.0. The van der Waals surface area contributed by atoms with Crippen LogP contribution in [0.3, 0.4) is 0 Å². The molecule has 3 atom stereocenters. The van der Waals surface area contributed by atoms with Gasteiger partial charge < -0.3 is 19.6 Å². The van der Waals surface area contributed by atoms with Crippen LogP contribution in [0.15, 0.2) is 24.3 Å². The second-order valence-corrected chi connectivity index (χ2v) is 13.0. The molecule has 1 amide bonds. The molecule has 5 heterocycles. The van der Waals surface area contributed by atoms with E-state index in [1.54, 1.807) is 17.0 Å². The molecule has 0 spiro atoms. The number of carbonyl (C=O) groups is 1. The zero-order valence-corrected chi connectivity index (χ0v) is 25.6. The average Bonchev–Trinajstić information content (AvgIpc) is 3.58. The molecule has 236 valence electrons. The summed E-state index contributed by atoms with van der Waals surface area (Å²) in [4.78, 5) is 29.7. The Morgan fingerprint density at radius 3 is 2.87 bits per heavy atom. The summed E-state index contributed by atoms with van der Waals surface area (Å²) < 4.78 is 35.8. The van der Waals surface area contributed by atoms with Crippen molar-refractivity contribution >= 4 is 28.2 Å². The van der Waals surface area contributed by atoms with E-state index < -0.39 is 6.17 Å². The van der Waals surface area contributed by atoms with Gasteiger partial charge in [-0.15, -0.1) is 0 Å². The van der Waals surface area contributed by atoms with Gasteiger partial charge >= 0.3 is 6.01 Å². The zero-order valence-electron chi connectivity index (χ0n) is 25.6. The summed E-state index contributed by atoms with van der Waals surface area (Å²) in [7, 11) is 0. The molecular weight excluding hydrogens is 578 g/mol. The van der Waals surface area contributed by atoms with Gasteiger partial charge in [-0.2, -0.15) is 15.2 Å². The fourth-order valence-electron chi connectivity index (χ4n) is 8.05. The molecule has 3 fully saturated rings. The molecule has 0 saturated carbocycles. The van der Waals surface area contributed by atoms with Crippen LogP contribution in [-0.4, -0.2) is 70.4 Å². The summed E-state index contributed by atoms with van der Waals surface area (Å²) in [6.45, 7) is 4.71. The number of aryl methyl sites for hydroxylation is 1. The lowest BCUT2D eigenvalue weighted by Crippen LogP contribution is -2.43. The van der Waals surface area contributed by atoms with Crippen molar-refractivity contribution in [3.05, 3.63) is 46.9 Å². The number of halogens is 2. The first-order valence-electron chi connectivity index (χ1n) is 16.1. The number of ether oxygens (including phenoxy) is 1. The smallest absolute Gasteiger partial charge is 0.318 e. The summed E-state index contributed by atoms with van der Waals surface area (Å²) in [5, 5.41) is 21.3. The Morgan fingerprint density at radius 1 is 1.18 bits per heavy atom. The van der Waals surface area contributed by atoms with E-state index in [1.165, 1.54) is 12.1 Å². The van der Waals surface area contributed by atoms with Crippen molar-refractivity contribution in [1.29, 1.82) is 5.26 Å². The quantitative estimate of drug-likeness (QED) is 0.362. The number of alkyl halides is 1. The number of fused-ring (bicyclic) bond motifs is 3. The van der Waals surface area contributed by atoms with E-state index in [-0.39, 0.29) is 48.1 Å². The Labute approximate surface area is 261 Å². The third kappa shape index (κ3) is 5.23. The minimum atomic E-state index is -0.888. The Morgan fingerprint density at radius 2 is 2.04 bits per heavy atom. The standard InChI is InChI=1S/C34H38F2N6O3/c1-2-25-26(36)8-7-22-14-24(43)15-28(29(22)25)42-19-27-30(32(42)44)31(40-12-4-3-6-21(17-40)9-11-37)39-33(38-27)45-20-34-10-5-13-41(34)18-23(35)16-34/h7-8,14-15,21,23,43H,2-6,9-10,12-13,16-20H2,1H3/t21-,23+,34-/m0/s1. The number of carbonyl (C=O) groups excluding carboxylic acids is 1. The van der Waals surface area contributed by atoms with Crippen LogP contribution in [0.25, 0.3) is 10.8 Å². The van der Waals surface area contributed by atoms with Crippen molar-refractivity contribution in [3.8, 4) is 17.8 Å². The number of aromatic hydroxyl groups is 1. The lowest BCUT2D eigenvalue weighted by molar-refractivity contribution is 0.0996. The molecule has 3 saturated heterocycles. The van der Waals surface area contributed by atoms with Crippen LogP contribution in [0.2, 0.25) is 0 Å². The van der Waals surface area contributed by atoms with Crippen molar-refractivity contribution in [3.63, 3.8) is 0 Å². The molecule has 0 aliphatic carbocycles. The first kappa shape index (κ1) is 29.7. The Kier molecular flexibility index (Phi) is 7.72. The van der Waals surface area contributed by atoms with E-state index in [0.29, 0.717) is 78.0 Å². The van der Waals surface area contributed by atoms with Crippen LogP contribution < -0.4 is 14.5 Å². The van der Waals surface area contributed by atoms with Crippen molar-refractivity contribution in [2.75, 3.05) is 42.6 Å². The van der Waals surface area contributed by atoms with Crippen LogP contribution >= 0.6 is 0 Å². The molecule has 0 unspecified atom stereocenters. The molecule has 0 bridgehead atoms. The van der Waals surface area contributed by atoms with Gasteiger partial charge in [0, 0.05) is 43.9 Å². The maximum Gasteiger partial charge on any atom is 0.318 e. The van der Waals surface area contributed by atoms with Crippen LogP contribution in [-0.2, 0) is 13.0 Å². The van der Waals surface area contributed by atoms with Crippen molar-refractivity contribution in [2.45, 2.75) is 76.5 Å². The Bertz CT molecular complexity index is 1690. The predicted molar refractivity (Wildman–Crippen MR) is 166 cm³/mol. The van der Waals surface area contributed by atoms with Gasteiger partial charge in [0.2, 0.25) is 0 Å². The van der Waals surface area contributed by atoms with E-state index in [0.717, 1.165) is 38.6 Å². The van der Waals surface area contributed by atoms with Crippen LogP contribution in [0.4, 0.5) is 20.3 Å². The van der Waals surface area contributed by atoms with Gasteiger partial charge in [0.25, 0.3) is 5.91 Å². The van der Waals surface area contributed by atoms with Gasteiger partial charge in [-0.1, -0.05) is 19.4 Å². The first-order valence-corrected chi connectivity index (χ1v) is 16.1. The number of hydrogen-bond acceptors (Lipinski definition) is 8. The molecule has 7 rings (SSSR count). The third-order valence-corrected chi connectivity index (χ3v) is 10.2. The molecule has 1 aromatic heterocycles. The number of phenols is 1. The molecular formula is C34H38F2N6O3.